The number of aldehydes is 1. The molecule has 0 spiro atoms. The smallest absolute Gasteiger partial charge is 0.305 e. The van der Waals surface area contributed by atoms with Gasteiger partial charge < -0.3 is 20.4 Å². The number of carboxylic acid groups (broad SMARTS) is 1. The lowest BCUT2D eigenvalue weighted by atomic mass is 10.1. The van der Waals surface area contributed by atoms with Crippen LogP contribution >= 0.6 is 0 Å². The number of amides is 1. The monoisotopic (exact) mass is 471 g/mol. The van der Waals surface area contributed by atoms with E-state index >= 15 is 0 Å². The molecule has 0 saturated heterocycles. The molecule has 10 nitrogen and oxygen atoms in total. The third-order valence-corrected chi connectivity index (χ3v) is 6.28. The Labute approximate surface area is 189 Å². The Balaban J connectivity index is 1.86. The van der Waals surface area contributed by atoms with E-state index in [2.05, 4.69) is 4.98 Å². The molecule has 0 unspecified atom stereocenters. The van der Waals surface area contributed by atoms with Gasteiger partial charge in [0.25, 0.3) is 0 Å². The Kier molecular flexibility index (Phi) is 7.36. The van der Waals surface area contributed by atoms with Gasteiger partial charge in [0, 0.05) is 23.6 Å². The number of ether oxygens (including phenoxy) is 1. The average molecular weight is 471 g/mol. The van der Waals surface area contributed by atoms with Crippen molar-refractivity contribution < 1.29 is 32.6 Å². The number of nitrogens with one attached hydrogen (secondary N) is 1. The van der Waals surface area contributed by atoms with Gasteiger partial charge in [-0.1, -0.05) is 18.2 Å². The minimum absolute atomic E-state index is 0.0239. The summed E-state index contributed by atoms with van der Waals surface area (Å²) in [6.07, 6.45) is 1.55. The third kappa shape index (κ3) is 5.90. The van der Waals surface area contributed by atoms with E-state index in [9.17, 15) is 22.8 Å². The summed E-state index contributed by atoms with van der Waals surface area (Å²) in [4.78, 5) is 37.5. The van der Waals surface area contributed by atoms with Gasteiger partial charge in [0.1, 0.15) is 16.9 Å². The Hall–Kier alpha value is -3.83. The van der Waals surface area contributed by atoms with Gasteiger partial charge in [0.2, 0.25) is 15.9 Å². The minimum Gasteiger partial charge on any atom is -0.492 e. The van der Waals surface area contributed by atoms with Crippen LogP contribution in [0, 0.1) is 0 Å². The Morgan fingerprint density at radius 3 is 2.67 bits per heavy atom. The van der Waals surface area contributed by atoms with Crippen LogP contribution < -0.4 is 15.2 Å². The van der Waals surface area contributed by atoms with Gasteiger partial charge in [-0.25, -0.2) is 13.1 Å². The molecule has 33 heavy (non-hydrogen) atoms. The quantitative estimate of drug-likeness (QED) is 0.352. The maximum atomic E-state index is 12.8. The molecule has 0 aliphatic heterocycles. The van der Waals surface area contributed by atoms with Crippen molar-refractivity contribution in [2.45, 2.75) is 23.8 Å². The molecule has 0 aliphatic carbocycles. The van der Waals surface area contributed by atoms with E-state index in [0.29, 0.717) is 6.42 Å². The number of primary amides is 1. The van der Waals surface area contributed by atoms with E-state index < -0.39 is 34.4 Å². The number of benzene rings is 2. The van der Waals surface area contributed by atoms with Gasteiger partial charge in [-0.3, -0.25) is 14.6 Å². The number of hydrogen-bond donors (Lipinski definition) is 3. The molecule has 3 aromatic rings. The first kappa shape index (κ1) is 23.8. The number of carbonyl (C=O) groups excluding carboxylic acids is 2. The lowest BCUT2D eigenvalue weighted by molar-refractivity contribution is -0.138. The molecule has 0 saturated carbocycles. The summed E-state index contributed by atoms with van der Waals surface area (Å²) >= 11 is 0. The number of nitrogens with two attached hydrogens (primary N) is 1. The molecule has 0 aliphatic rings. The number of pyridine rings is 1. The van der Waals surface area contributed by atoms with Crippen molar-refractivity contribution >= 4 is 39.1 Å². The van der Waals surface area contributed by atoms with Crippen LogP contribution in [0.25, 0.3) is 10.9 Å². The van der Waals surface area contributed by atoms with E-state index in [1.54, 1.807) is 12.3 Å². The number of nitrogens with zero attached hydrogens (tertiary/aromatic N) is 1. The Morgan fingerprint density at radius 2 is 1.97 bits per heavy atom. The highest BCUT2D eigenvalue weighted by molar-refractivity contribution is 7.89. The number of aliphatic carboxylic acids is 1. The Bertz CT molecular complexity index is 1300. The molecule has 1 heterocycles. The van der Waals surface area contributed by atoms with Crippen LogP contribution in [-0.2, 0) is 26.0 Å². The van der Waals surface area contributed by atoms with Crippen LogP contribution in [0.5, 0.6) is 5.75 Å². The van der Waals surface area contributed by atoms with Crippen molar-refractivity contribution in [3.05, 3.63) is 65.9 Å². The molecule has 11 heteroatoms. The highest BCUT2D eigenvalue weighted by Crippen LogP contribution is 2.26. The highest BCUT2D eigenvalue weighted by atomic mass is 32.2. The van der Waals surface area contributed by atoms with Crippen LogP contribution in [-0.4, -0.2) is 49.3 Å². The number of hydrogen-bond acceptors (Lipinski definition) is 7. The summed E-state index contributed by atoms with van der Waals surface area (Å²) in [5, 5.41) is 9.78. The maximum absolute atomic E-state index is 12.8. The topological polar surface area (TPSA) is 166 Å². The molecule has 1 aromatic heterocycles. The first-order valence-corrected chi connectivity index (χ1v) is 11.3. The van der Waals surface area contributed by atoms with Gasteiger partial charge in [-0.05, 0) is 35.9 Å². The summed E-state index contributed by atoms with van der Waals surface area (Å²) < 4.78 is 33.4. The van der Waals surface area contributed by atoms with E-state index in [1.165, 1.54) is 12.1 Å². The fraction of sp³-hybridized carbons (Fsp3) is 0.182. The van der Waals surface area contributed by atoms with Crippen molar-refractivity contribution in [1.29, 1.82) is 0 Å². The molecule has 1 amide bonds. The predicted octanol–water partition coefficient (Wildman–Crippen LogP) is 1.28. The number of carboxylic acids is 1. The van der Waals surface area contributed by atoms with E-state index in [0.717, 1.165) is 22.5 Å². The van der Waals surface area contributed by atoms with Crippen LogP contribution in [0.3, 0.4) is 0 Å². The van der Waals surface area contributed by atoms with Crippen LogP contribution in [0.2, 0.25) is 0 Å². The molecular weight excluding hydrogens is 450 g/mol. The maximum Gasteiger partial charge on any atom is 0.305 e. The number of fused-ring (bicyclic) bond motifs is 1. The predicted molar refractivity (Wildman–Crippen MR) is 118 cm³/mol. The Morgan fingerprint density at radius 1 is 1.18 bits per heavy atom. The lowest BCUT2D eigenvalue weighted by Gasteiger charge is -2.16. The molecule has 2 aromatic carbocycles. The van der Waals surface area contributed by atoms with Crippen LogP contribution in [0.15, 0.2) is 59.6 Å². The largest absolute Gasteiger partial charge is 0.492 e. The summed E-state index contributed by atoms with van der Waals surface area (Å²) in [5.41, 5.74) is 7.06. The second-order valence-corrected chi connectivity index (χ2v) is 8.76. The molecule has 0 fully saturated rings. The fourth-order valence-electron chi connectivity index (χ4n) is 3.22. The van der Waals surface area contributed by atoms with Crippen LogP contribution in [0.1, 0.15) is 22.3 Å². The van der Waals surface area contributed by atoms with E-state index in [1.807, 2.05) is 29.0 Å². The summed E-state index contributed by atoms with van der Waals surface area (Å²) in [6.45, 7) is 0.0605. The zero-order valence-corrected chi connectivity index (χ0v) is 18.1. The van der Waals surface area contributed by atoms with E-state index in [4.69, 9.17) is 15.6 Å². The van der Waals surface area contributed by atoms with E-state index in [-0.39, 0.29) is 29.1 Å². The first-order valence-electron chi connectivity index (χ1n) is 9.80. The SMILES string of the molecule is NC(=O)c1ccc(S(=O)(=O)N[C@@H](C=O)CC(=O)O)c(OCCc2cccc3ncccc23)c1. The first-order chi connectivity index (χ1) is 15.7. The highest BCUT2D eigenvalue weighted by Gasteiger charge is 2.26. The standard InChI is InChI=1S/C22H21N3O7S/c23-22(29)15-6-7-20(33(30,31)25-16(13-26)12-21(27)28)19(11-15)32-10-8-14-3-1-5-18-17(14)4-2-9-24-18/h1-7,9,11,13,16,25H,8,10,12H2,(H2,23,29)(H,27,28)/t16-/m1/s1. The second-order valence-electron chi connectivity index (χ2n) is 7.07. The molecule has 172 valence electrons. The number of rotatable bonds is 11. The molecule has 1 atom stereocenters. The molecule has 4 N–H and O–H groups in total. The van der Waals surface area contributed by atoms with Gasteiger partial charge >= 0.3 is 5.97 Å². The third-order valence-electron chi connectivity index (χ3n) is 4.75. The number of sulfonamides is 1. The number of carbonyl (C=O) groups is 3. The minimum atomic E-state index is -4.35. The van der Waals surface area contributed by atoms with Gasteiger partial charge in [0.05, 0.1) is 24.6 Å². The average Bonchev–Trinajstić information content (AvgIpc) is 2.78. The zero-order chi connectivity index (χ0) is 24.0. The van der Waals surface area contributed by atoms with Crippen LogP contribution in [0.4, 0.5) is 0 Å². The van der Waals surface area contributed by atoms with Crippen molar-refractivity contribution in [1.82, 2.24) is 9.71 Å². The van der Waals surface area contributed by atoms with Crippen molar-refractivity contribution in [3.8, 4) is 5.75 Å². The van der Waals surface area contributed by atoms with Gasteiger partial charge in [-0.2, -0.15) is 0 Å². The zero-order valence-electron chi connectivity index (χ0n) is 17.3. The van der Waals surface area contributed by atoms with Gasteiger partial charge in [-0.15, -0.1) is 0 Å². The molecule has 3 rings (SSSR count). The van der Waals surface area contributed by atoms with Crippen molar-refractivity contribution in [3.63, 3.8) is 0 Å². The normalized spacial score (nSPS) is 12.2. The second kappa shape index (κ2) is 10.2. The lowest BCUT2D eigenvalue weighted by Crippen LogP contribution is -2.37. The fourth-order valence-corrected chi connectivity index (χ4v) is 4.51. The molecular formula is C22H21N3O7S. The van der Waals surface area contributed by atoms with Crippen molar-refractivity contribution in [2.24, 2.45) is 5.73 Å². The van der Waals surface area contributed by atoms with Gasteiger partial charge in [0.15, 0.2) is 0 Å². The van der Waals surface area contributed by atoms with Crippen molar-refractivity contribution in [2.75, 3.05) is 6.61 Å². The summed E-state index contributed by atoms with van der Waals surface area (Å²) in [6, 6.07) is 11.4. The molecule has 0 radical (unpaired) electrons. The summed E-state index contributed by atoms with van der Waals surface area (Å²) in [7, 11) is -4.35. The number of aromatic nitrogens is 1. The summed E-state index contributed by atoms with van der Waals surface area (Å²) in [5.74, 6) is -2.29. The molecule has 0 bridgehead atoms.